The van der Waals surface area contributed by atoms with Gasteiger partial charge in [-0.3, -0.25) is 0 Å². The Kier molecular flexibility index (Phi) is 4.08. The first-order valence-corrected chi connectivity index (χ1v) is 8.68. The van der Waals surface area contributed by atoms with Gasteiger partial charge in [0.15, 0.2) is 0 Å². The first-order valence-electron chi connectivity index (χ1n) is 8.68. The van der Waals surface area contributed by atoms with Gasteiger partial charge in [0.05, 0.1) is 6.61 Å². The fourth-order valence-corrected chi connectivity index (χ4v) is 3.05. The summed E-state index contributed by atoms with van der Waals surface area (Å²) in [5.74, 6) is 0.377. The molecule has 0 radical (unpaired) electrons. The van der Waals surface area contributed by atoms with Gasteiger partial charge in [0.1, 0.15) is 11.4 Å². The second kappa shape index (κ2) is 6.55. The number of para-hydroxylation sites is 2. The molecule has 0 fully saturated rings. The fraction of sp³-hybridized carbons (Fsp3) is 0.200. The summed E-state index contributed by atoms with van der Waals surface area (Å²) in [7, 11) is 0. The van der Waals surface area contributed by atoms with Crippen molar-refractivity contribution in [2.45, 2.75) is 19.8 Å². The number of ether oxygens (including phenoxy) is 1. The maximum absolute atomic E-state index is 12.9. The van der Waals surface area contributed by atoms with E-state index >= 15 is 0 Å². The highest BCUT2D eigenvalue weighted by atomic mass is 16.5. The molecule has 0 unspecified atom stereocenters. The number of nitrogens with zero attached hydrogens (tertiary/aromatic N) is 2. The van der Waals surface area contributed by atoms with Crippen LogP contribution in [-0.4, -0.2) is 18.5 Å². The highest BCUT2D eigenvalue weighted by molar-refractivity contribution is 6.21. The van der Waals surface area contributed by atoms with Crippen LogP contribution in [0, 0.1) is 0 Å². The highest BCUT2D eigenvalue weighted by Gasteiger charge is 2.49. The van der Waals surface area contributed by atoms with Gasteiger partial charge in [-0.1, -0.05) is 25.5 Å². The molecule has 4 rings (SSSR count). The van der Waals surface area contributed by atoms with Crippen LogP contribution in [0.4, 0.5) is 10.5 Å². The van der Waals surface area contributed by atoms with Crippen LogP contribution in [0.1, 0.15) is 30.3 Å². The lowest BCUT2D eigenvalue weighted by Gasteiger charge is -2.07. The Labute approximate surface area is 150 Å². The summed E-state index contributed by atoms with van der Waals surface area (Å²) in [4.78, 5) is 30.0. The van der Waals surface area contributed by atoms with Gasteiger partial charge in [0, 0.05) is 6.07 Å². The van der Waals surface area contributed by atoms with E-state index < -0.39 is 0 Å². The number of rotatable bonds is 5. The van der Waals surface area contributed by atoms with Crippen LogP contribution in [0.3, 0.4) is 0 Å². The van der Waals surface area contributed by atoms with Crippen molar-refractivity contribution in [2.75, 3.05) is 11.5 Å². The molecule has 1 aromatic heterocycles. The summed E-state index contributed by atoms with van der Waals surface area (Å²) in [5, 5.41) is 0. The third-order valence-electron chi connectivity index (χ3n) is 4.42. The van der Waals surface area contributed by atoms with Crippen molar-refractivity contribution in [3.8, 4) is 5.75 Å². The normalized spacial score (nSPS) is 13.3. The second-order valence-corrected chi connectivity index (χ2v) is 6.15. The van der Waals surface area contributed by atoms with E-state index in [1.807, 2.05) is 24.3 Å². The van der Waals surface area contributed by atoms with E-state index in [4.69, 9.17) is 4.74 Å². The molecule has 0 aliphatic carbocycles. The monoisotopic (exact) mass is 349 g/mol. The zero-order chi connectivity index (χ0) is 18.1. The molecular formula is C20H19N3O3+2. The molecule has 1 aliphatic heterocycles. The van der Waals surface area contributed by atoms with Crippen molar-refractivity contribution in [3.63, 3.8) is 0 Å². The molecule has 2 aromatic carbocycles. The molecule has 6 heteroatoms. The third-order valence-corrected chi connectivity index (χ3v) is 4.42. The summed E-state index contributed by atoms with van der Waals surface area (Å²) in [6.45, 7) is 2.76. The zero-order valence-electron chi connectivity index (χ0n) is 14.4. The number of fused-ring (bicyclic) bond motifs is 3. The summed E-state index contributed by atoms with van der Waals surface area (Å²) in [5.41, 5.74) is 2.30. The van der Waals surface area contributed by atoms with Crippen LogP contribution in [0.25, 0.3) is 11.0 Å². The SMILES string of the molecule is CCCCOc1ccc(N2C(=O)c3c[nH+]c4ccccc4[n+]3C2=O)cc1. The van der Waals surface area contributed by atoms with E-state index in [-0.39, 0.29) is 11.9 Å². The smallest absolute Gasteiger partial charge is 0.494 e. The number of H-pyrrole nitrogens is 1. The van der Waals surface area contributed by atoms with E-state index in [1.54, 1.807) is 30.5 Å². The quantitative estimate of drug-likeness (QED) is 0.525. The lowest BCUT2D eigenvalue weighted by atomic mass is 10.2. The fourth-order valence-electron chi connectivity index (χ4n) is 3.05. The van der Waals surface area contributed by atoms with Gasteiger partial charge in [0.2, 0.25) is 11.7 Å². The molecule has 1 aliphatic rings. The third kappa shape index (κ3) is 2.60. The largest absolute Gasteiger partial charge is 0.512 e. The van der Waals surface area contributed by atoms with Crippen LogP contribution in [0.15, 0.2) is 54.7 Å². The molecule has 0 spiro atoms. The first-order chi connectivity index (χ1) is 12.7. The predicted molar refractivity (Wildman–Crippen MR) is 95.1 cm³/mol. The molecule has 2 amide bonds. The number of carbonyl (C=O) groups is 2. The lowest BCUT2D eigenvalue weighted by molar-refractivity contribution is -0.551. The topological polar surface area (TPSA) is 64.6 Å². The Morgan fingerprint density at radius 2 is 1.85 bits per heavy atom. The number of aromatic amines is 1. The summed E-state index contributed by atoms with van der Waals surface area (Å²) in [6.07, 6.45) is 3.63. The molecule has 0 atom stereocenters. The average molecular weight is 349 g/mol. The zero-order valence-corrected chi connectivity index (χ0v) is 14.4. The highest BCUT2D eigenvalue weighted by Crippen LogP contribution is 2.24. The van der Waals surface area contributed by atoms with Crippen LogP contribution < -0.4 is 19.2 Å². The molecule has 6 nitrogen and oxygen atoms in total. The van der Waals surface area contributed by atoms with E-state index in [0.717, 1.165) is 24.1 Å². The molecule has 3 aromatic rings. The number of nitrogens with one attached hydrogen (secondary N) is 1. The number of unbranched alkanes of at least 4 members (excludes halogenated alkanes) is 1. The Hall–Kier alpha value is -3.28. The maximum atomic E-state index is 12.9. The van der Waals surface area contributed by atoms with Gasteiger partial charge in [-0.15, -0.1) is 9.47 Å². The molecular weight excluding hydrogens is 330 g/mol. The maximum Gasteiger partial charge on any atom is 0.512 e. The number of anilines is 1. The molecule has 0 saturated carbocycles. The van der Waals surface area contributed by atoms with Crippen molar-refractivity contribution < 1.29 is 23.9 Å². The minimum absolute atomic E-state index is 0.317. The Balaban J connectivity index is 1.67. The second-order valence-electron chi connectivity index (χ2n) is 6.15. The molecule has 130 valence electrons. The van der Waals surface area contributed by atoms with Crippen LogP contribution in [0.5, 0.6) is 5.75 Å². The van der Waals surface area contributed by atoms with Gasteiger partial charge in [0.25, 0.3) is 11.2 Å². The van der Waals surface area contributed by atoms with Gasteiger partial charge < -0.3 is 4.74 Å². The van der Waals surface area contributed by atoms with E-state index in [0.29, 0.717) is 23.5 Å². The summed E-state index contributed by atoms with van der Waals surface area (Å²) < 4.78 is 7.08. The average Bonchev–Trinajstić information content (AvgIpc) is 2.93. The van der Waals surface area contributed by atoms with E-state index in [1.165, 1.54) is 9.47 Å². The Bertz CT molecular complexity index is 999. The van der Waals surface area contributed by atoms with Crippen molar-refractivity contribution in [3.05, 3.63) is 60.4 Å². The Morgan fingerprint density at radius 1 is 1.08 bits per heavy atom. The van der Waals surface area contributed by atoms with E-state index in [9.17, 15) is 9.59 Å². The van der Waals surface area contributed by atoms with Crippen molar-refractivity contribution in [2.24, 2.45) is 0 Å². The molecule has 0 bridgehead atoms. The van der Waals surface area contributed by atoms with Gasteiger partial charge in [-0.2, -0.15) is 4.79 Å². The number of amides is 2. The molecule has 26 heavy (non-hydrogen) atoms. The van der Waals surface area contributed by atoms with Crippen molar-refractivity contribution in [1.82, 2.24) is 0 Å². The number of hydrogen-bond donors (Lipinski definition) is 0. The summed E-state index contributed by atoms with van der Waals surface area (Å²) in [6, 6.07) is 14.0. The van der Waals surface area contributed by atoms with Gasteiger partial charge in [-0.05, 0) is 36.8 Å². The Morgan fingerprint density at radius 3 is 2.62 bits per heavy atom. The lowest BCUT2D eigenvalue weighted by Crippen LogP contribution is -2.47. The van der Waals surface area contributed by atoms with E-state index in [2.05, 4.69) is 11.9 Å². The number of imide groups is 1. The van der Waals surface area contributed by atoms with Gasteiger partial charge >= 0.3 is 11.9 Å². The summed E-state index contributed by atoms with van der Waals surface area (Å²) >= 11 is 0. The van der Waals surface area contributed by atoms with Crippen molar-refractivity contribution >= 4 is 28.7 Å². The number of benzene rings is 2. The number of hydrogen-bond acceptors (Lipinski definition) is 3. The molecule has 2 heterocycles. The van der Waals surface area contributed by atoms with Crippen LogP contribution in [0.2, 0.25) is 0 Å². The number of aromatic nitrogens is 2. The van der Waals surface area contributed by atoms with Crippen LogP contribution >= 0.6 is 0 Å². The van der Waals surface area contributed by atoms with Crippen LogP contribution in [-0.2, 0) is 0 Å². The standard InChI is InChI=1S/C20H18N3O3/c1-2-3-12-26-15-10-8-14(9-11-15)22-19(24)18-13-21-16-6-4-5-7-17(16)23(18)20(22)25/h4-11,13H,2-3,12H2,1H3/q+1/p+1. The molecule has 1 N–H and O–H groups in total. The van der Waals surface area contributed by atoms with Gasteiger partial charge in [-0.25, -0.2) is 9.78 Å². The number of carbonyl (C=O) groups excluding carboxylic acids is 2. The minimum atomic E-state index is -0.380. The predicted octanol–water partition coefficient (Wildman–Crippen LogP) is 2.75. The van der Waals surface area contributed by atoms with Crippen molar-refractivity contribution in [1.29, 1.82) is 0 Å². The molecule has 0 saturated heterocycles. The first kappa shape index (κ1) is 16.2. The minimum Gasteiger partial charge on any atom is -0.494 e.